The van der Waals surface area contributed by atoms with E-state index in [1.807, 2.05) is 0 Å². The fourth-order valence-electron chi connectivity index (χ4n) is 4.36. The molecule has 3 heteroatoms. The second-order valence-electron chi connectivity index (χ2n) is 9.67. The molecule has 0 aromatic heterocycles. The van der Waals surface area contributed by atoms with Crippen LogP contribution in [0, 0.1) is 11.3 Å². The highest BCUT2D eigenvalue weighted by atomic mass is 32.2. The fraction of sp³-hybridized carbons (Fsp3) is 0.727. The molecule has 3 rings (SSSR count). The van der Waals surface area contributed by atoms with Crippen molar-refractivity contribution in [3.63, 3.8) is 0 Å². The molecule has 25 heavy (non-hydrogen) atoms. The van der Waals surface area contributed by atoms with E-state index in [-0.39, 0.29) is 12.1 Å². The molecule has 2 aliphatic carbocycles. The number of fused-ring (bicyclic) bond motifs is 1. The summed E-state index contributed by atoms with van der Waals surface area (Å²) in [4.78, 5) is 0. The van der Waals surface area contributed by atoms with Gasteiger partial charge in [-0.2, -0.15) is 11.8 Å². The Labute approximate surface area is 158 Å². The third kappa shape index (κ3) is 5.02. The molecule has 0 radical (unpaired) electrons. The molecule has 0 heterocycles. The normalized spacial score (nSPS) is 29.6. The summed E-state index contributed by atoms with van der Waals surface area (Å²) in [5.74, 6) is 3.92. The van der Waals surface area contributed by atoms with Gasteiger partial charge in [-0.05, 0) is 84.0 Å². The topological polar surface area (TPSA) is 46.2 Å². The van der Waals surface area contributed by atoms with Crippen LogP contribution >= 0.6 is 11.8 Å². The van der Waals surface area contributed by atoms with Crippen LogP contribution in [-0.4, -0.2) is 28.8 Å². The Morgan fingerprint density at radius 3 is 2.72 bits per heavy atom. The largest absolute Gasteiger partial charge is 0.394 e. The van der Waals surface area contributed by atoms with E-state index in [9.17, 15) is 5.11 Å². The van der Waals surface area contributed by atoms with Gasteiger partial charge in [0.1, 0.15) is 0 Å². The van der Waals surface area contributed by atoms with Crippen molar-refractivity contribution >= 4 is 11.8 Å². The van der Waals surface area contributed by atoms with Crippen molar-refractivity contribution in [2.24, 2.45) is 17.1 Å². The minimum atomic E-state index is -0.351. The van der Waals surface area contributed by atoms with Gasteiger partial charge in [-0.15, -0.1) is 0 Å². The molecule has 0 amide bonds. The van der Waals surface area contributed by atoms with Gasteiger partial charge in [0.15, 0.2) is 0 Å². The van der Waals surface area contributed by atoms with E-state index in [0.29, 0.717) is 11.3 Å². The first-order chi connectivity index (χ1) is 11.8. The molecule has 0 spiro atoms. The van der Waals surface area contributed by atoms with E-state index < -0.39 is 0 Å². The lowest BCUT2D eigenvalue weighted by atomic mass is 9.82. The lowest BCUT2D eigenvalue weighted by Gasteiger charge is -2.27. The number of aliphatic hydroxyl groups is 1. The van der Waals surface area contributed by atoms with E-state index in [2.05, 4.69) is 50.7 Å². The molecule has 2 aliphatic rings. The Kier molecular flexibility index (Phi) is 5.87. The molecule has 140 valence electrons. The molecule has 0 bridgehead atoms. The Hall–Kier alpha value is -0.510. The Morgan fingerprint density at radius 1 is 1.24 bits per heavy atom. The van der Waals surface area contributed by atoms with Gasteiger partial charge in [-0.3, -0.25) is 0 Å². The third-order valence-corrected chi connectivity index (χ3v) is 7.66. The van der Waals surface area contributed by atoms with Crippen LogP contribution in [-0.2, 0) is 12.8 Å². The van der Waals surface area contributed by atoms with Crippen LogP contribution in [0.3, 0.4) is 0 Å². The first kappa shape index (κ1) is 19.3. The minimum absolute atomic E-state index is 0.113. The van der Waals surface area contributed by atoms with Gasteiger partial charge in [0.2, 0.25) is 0 Å². The molecule has 1 saturated carbocycles. The Morgan fingerprint density at radius 2 is 2.04 bits per heavy atom. The zero-order valence-electron chi connectivity index (χ0n) is 16.2. The predicted molar refractivity (Wildman–Crippen MR) is 109 cm³/mol. The van der Waals surface area contributed by atoms with Gasteiger partial charge >= 0.3 is 0 Å². The first-order valence-electron chi connectivity index (χ1n) is 9.87. The number of hydrogen-bond donors (Lipinski definition) is 2. The number of rotatable bonds is 5. The number of thioether (sulfide) groups is 1. The summed E-state index contributed by atoms with van der Waals surface area (Å²) in [6.45, 7) is 7.09. The molecule has 1 aromatic rings. The summed E-state index contributed by atoms with van der Waals surface area (Å²) >= 11 is 2.13. The van der Waals surface area contributed by atoms with E-state index in [1.54, 1.807) is 11.1 Å². The van der Waals surface area contributed by atoms with E-state index in [4.69, 9.17) is 5.73 Å². The molecule has 0 unspecified atom stereocenters. The molecule has 1 aromatic carbocycles. The highest BCUT2D eigenvalue weighted by molar-refractivity contribution is 7.99. The average molecular weight is 362 g/mol. The van der Waals surface area contributed by atoms with Crippen LogP contribution in [0.25, 0.3) is 0 Å². The summed E-state index contributed by atoms with van der Waals surface area (Å²) in [6, 6.07) is 7.15. The van der Waals surface area contributed by atoms with Gasteiger partial charge in [0, 0.05) is 5.54 Å². The molecular weight excluding hydrogens is 326 g/mol. The monoisotopic (exact) mass is 361 g/mol. The molecule has 0 aliphatic heterocycles. The molecule has 3 atom stereocenters. The molecular formula is C22H35NOS. The van der Waals surface area contributed by atoms with Gasteiger partial charge in [-0.1, -0.05) is 39.0 Å². The number of hydrogen-bond acceptors (Lipinski definition) is 3. The van der Waals surface area contributed by atoms with Crippen LogP contribution in [0.15, 0.2) is 18.2 Å². The first-order valence-corrected chi connectivity index (χ1v) is 11.0. The summed E-state index contributed by atoms with van der Waals surface area (Å²) in [7, 11) is 0. The zero-order valence-corrected chi connectivity index (χ0v) is 17.0. The molecule has 1 fully saturated rings. The second kappa shape index (κ2) is 7.62. The van der Waals surface area contributed by atoms with E-state index >= 15 is 0 Å². The highest BCUT2D eigenvalue weighted by Gasteiger charge is 2.36. The average Bonchev–Trinajstić information content (AvgIpc) is 2.96. The maximum atomic E-state index is 9.51. The number of aliphatic hydroxyl groups excluding tert-OH is 1. The van der Waals surface area contributed by atoms with Crippen LogP contribution in [0.2, 0.25) is 0 Å². The van der Waals surface area contributed by atoms with Crippen molar-refractivity contribution < 1.29 is 5.11 Å². The quantitative estimate of drug-likeness (QED) is 0.810. The standard InChI is InChI=1S/C22H35NOS/c1-21(2,3)15-25-13-16-4-5-18-11-19(7-6-17(18)10-16)20-8-9-22(23,12-20)14-24/h6-7,11,16,20,24H,4-5,8-10,12-15,23H2,1-3H3/t16-,20+,22-/m1/s1. The maximum absolute atomic E-state index is 9.51. The number of aryl methyl sites for hydroxylation is 1. The van der Waals surface area contributed by atoms with Crippen molar-refractivity contribution in [3.8, 4) is 0 Å². The number of benzene rings is 1. The Bertz CT molecular complexity index is 594. The zero-order chi connectivity index (χ0) is 18.1. The van der Waals surface area contributed by atoms with Gasteiger partial charge in [-0.25, -0.2) is 0 Å². The number of nitrogens with two attached hydrogens (primary N) is 1. The lowest BCUT2D eigenvalue weighted by molar-refractivity contribution is 0.198. The van der Waals surface area contributed by atoms with Crippen LogP contribution in [0.5, 0.6) is 0 Å². The molecule has 3 N–H and O–H groups in total. The molecule has 0 saturated heterocycles. The van der Waals surface area contributed by atoms with Crippen molar-refractivity contribution in [2.45, 2.75) is 70.8 Å². The lowest BCUT2D eigenvalue weighted by Crippen LogP contribution is -2.40. The Balaban J connectivity index is 1.58. The van der Waals surface area contributed by atoms with Crippen LogP contribution in [0.4, 0.5) is 0 Å². The summed E-state index contributed by atoms with van der Waals surface area (Å²) in [5.41, 5.74) is 10.9. The second-order valence-corrected chi connectivity index (χ2v) is 10.7. The highest BCUT2D eigenvalue weighted by Crippen LogP contribution is 2.40. The third-order valence-electron chi connectivity index (χ3n) is 5.88. The maximum Gasteiger partial charge on any atom is 0.0611 e. The smallest absolute Gasteiger partial charge is 0.0611 e. The summed E-state index contributed by atoms with van der Waals surface area (Å²) in [5, 5.41) is 9.51. The van der Waals surface area contributed by atoms with Crippen LogP contribution in [0.1, 0.15) is 69.1 Å². The summed E-state index contributed by atoms with van der Waals surface area (Å²) in [6.07, 6.45) is 6.78. The summed E-state index contributed by atoms with van der Waals surface area (Å²) < 4.78 is 0. The minimum Gasteiger partial charge on any atom is -0.394 e. The van der Waals surface area contributed by atoms with Crippen molar-refractivity contribution in [1.82, 2.24) is 0 Å². The SMILES string of the molecule is CC(C)(C)CSC[C@@H]1CCc2cc([C@H]3CC[C@](N)(CO)C3)ccc2C1. The predicted octanol–water partition coefficient (Wildman–Crippen LogP) is 4.53. The molecule has 2 nitrogen and oxygen atoms in total. The van der Waals surface area contributed by atoms with E-state index in [0.717, 1.165) is 25.2 Å². The van der Waals surface area contributed by atoms with Gasteiger partial charge in [0.05, 0.1) is 6.61 Å². The fourth-order valence-corrected chi connectivity index (χ4v) is 5.71. The van der Waals surface area contributed by atoms with Crippen molar-refractivity contribution in [3.05, 3.63) is 34.9 Å². The van der Waals surface area contributed by atoms with E-state index in [1.165, 1.54) is 36.3 Å². The van der Waals surface area contributed by atoms with Crippen LogP contribution < -0.4 is 5.73 Å². The van der Waals surface area contributed by atoms with Gasteiger partial charge < -0.3 is 10.8 Å². The van der Waals surface area contributed by atoms with Gasteiger partial charge in [0.25, 0.3) is 0 Å². The van der Waals surface area contributed by atoms with Crippen molar-refractivity contribution in [2.75, 3.05) is 18.1 Å². The van der Waals surface area contributed by atoms with Crippen molar-refractivity contribution in [1.29, 1.82) is 0 Å².